The van der Waals surface area contributed by atoms with Crippen molar-refractivity contribution in [3.8, 4) is 0 Å². The van der Waals surface area contributed by atoms with Crippen LogP contribution in [0.1, 0.15) is 12.0 Å². The second-order valence-electron chi connectivity index (χ2n) is 4.25. The Labute approximate surface area is 117 Å². The van der Waals surface area contributed by atoms with Crippen LogP contribution in [0.2, 0.25) is 0 Å². The zero-order valence-corrected chi connectivity index (χ0v) is 11.9. The molecule has 0 fully saturated rings. The minimum absolute atomic E-state index is 0.00305. The number of rotatable bonds is 8. The van der Waals surface area contributed by atoms with Gasteiger partial charge in [0.1, 0.15) is 0 Å². The van der Waals surface area contributed by atoms with Crippen molar-refractivity contribution in [2.45, 2.75) is 12.8 Å². The molecule has 19 heavy (non-hydrogen) atoms. The maximum absolute atomic E-state index is 11.7. The Balaban J connectivity index is 2.15. The molecule has 0 unspecified atom stereocenters. The van der Waals surface area contributed by atoms with Crippen LogP contribution in [-0.4, -0.2) is 47.0 Å². The maximum Gasteiger partial charge on any atom is 0.305 e. The molecule has 4 nitrogen and oxygen atoms in total. The van der Waals surface area contributed by atoms with Gasteiger partial charge in [0.05, 0.1) is 12.2 Å². The average molecular weight is 281 g/mol. The molecule has 0 aliphatic rings. The Kier molecular flexibility index (Phi) is 7.03. The second kappa shape index (κ2) is 8.58. The number of hydrogen-bond donors (Lipinski definition) is 1. The summed E-state index contributed by atoms with van der Waals surface area (Å²) in [5.74, 6) is 0.404. The van der Waals surface area contributed by atoms with Gasteiger partial charge >= 0.3 is 5.97 Å². The molecule has 1 aromatic carbocycles. The van der Waals surface area contributed by atoms with Gasteiger partial charge in [-0.1, -0.05) is 30.3 Å². The van der Waals surface area contributed by atoms with Crippen molar-refractivity contribution in [1.82, 2.24) is 4.90 Å². The van der Waals surface area contributed by atoms with Gasteiger partial charge in [-0.05, 0) is 17.7 Å². The van der Waals surface area contributed by atoms with Crippen LogP contribution in [0.15, 0.2) is 30.3 Å². The summed E-state index contributed by atoms with van der Waals surface area (Å²) in [6.07, 6.45) is 0.939. The first kappa shape index (κ1) is 15.6. The van der Waals surface area contributed by atoms with E-state index in [-0.39, 0.29) is 18.9 Å². The van der Waals surface area contributed by atoms with Crippen LogP contribution in [0.3, 0.4) is 0 Å². The number of amides is 1. The fourth-order valence-corrected chi connectivity index (χ4v) is 2.41. The van der Waals surface area contributed by atoms with Crippen LogP contribution in [-0.2, 0) is 16.0 Å². The number of nitrogens with zero attached hydrogens (tertiary/aromatic N) is 1. The smallest absolute Gasteiger partial charge is 0.305 e. The van der Waals surface area contributed by atoms with Crippen molar-refractivity contribution in [3.63, 3.8) is 0 Å². The number of aliphatic carboxylic acids is 1. The zero-order valence-electron chi connectivity index (χ0n) is 11.0. The molecule has 1 rings (SSSR count). The number of carboxylic acid groups (broad SMARTS) is 1. The molecule has 0 spiro atoms. The van der Waals surface area contributed by atoms with Crippen molar-refractivity contribution in [1.29, 1.82) is 0 Å². The number of carbonyl (C=O) groups is 2. The summed E-state index contributed by atoms with van der Waals surface area (Å²) in [7, 11) is 1.64. The molecular weight excluding hydrogens is 262 g/mol. The van der Waals surface area contributed by atoms with Crippen LogP contribution in [0.4, 0.5) is 0 Å². The van der Waals surface area contributed by atoms with Crippen LogP contribution in [0.25, 0.3) is 0 Å². The van der Waals surface area contributed by atoms with E-state index in [0.717, 1.165) is 12.2 Å². The van der Waals surface area contributed by atoms with Gasteiger partial charge in [-0.3, -0.25) is 9.59 Å². The average Bonchev–Trinajstić information content (AvgIpc) is 2.41. The first-order valence-electron chi connectivity index (χ1n) is 6.17. The Morgan fingerprint density at radius 1 is 1.26 bits per heavy atom. The van der Waals surface area contributed by atoms with Gasteiger partial charge in [0.2, 0.25) is 5.91 Å². The maximum atomic E-state index is 11.7. The Morgan fingerprint density at radius 3 is 2.58 bits per heavy atom. The van der Waals surface area contributed by atoms with Gasteiger partial charge in [-0.2, -0.15) is 11.8 Å². The molecule has 0 heterocycles. The quantitative estimate of drug-likeness (QED) is 0.739. The number of aryl methyl sites for hydroxylation is 1. The van der Waals surface area contributed by atoms with Crippen molar-refractivity contribution in [3.05, 3.63) is 35.9 Å². The topological polar surface area (TPSA) is 57.6 Å². The molecule has 0 atom stereocenters. The van der Waals surface area contributed by atoms with Crippen molar-refractivity contribution in [2.75, 3.05) is 25.1 Å². The van der Waals surface area contributed by atoms with E-state index in [1.54, 1.807) is 18.8 Å². The molecule has 0 aliphatic heterocycles. The van der Waals surface area contributed by atoms with E-state index in [9.17, 15) is 9.59 Å². The van der Waals surface area contributed by atoms with E-state index in [2.05, 4.69) is 12.1 Å². The van der Waals surface area contributed by atoms with Gasteiger partial charge in [-0.25, -0.2) is 0 Å². The third-order valence-electron chi connectivity index (χ3n) is 2.69. The van der Waals surface area contributed by atoms with E-state index in [1.165, 1.54) is 10.5 Å². The van der Waals surface area contributed by atoms with Crippen molar-refractivity contribution in [2.24, 2.45) is 0 Å². The number of thioether (sulfide) groups is 1. The number of benzene rings is 1. The molecule has 1 N–H and O–H groups in total. The predicted molar refractivity (Wildman–Crippen MR) is 77.4 cm³/mol. The SMILES string of the molecule is CN(CCC(=O)O)C(=O)CSCCc1ccccc1. The molecule has 0 aromatic heterocycles. The number of carbonyl (C=O) groups excluding carboxylic acids is 1. The van der Waals surface area contributed by atoms with Gasteiger partial charge in [0, 0.05) is 13.6 Å². The highest BCUT2D eigenvalue weighted by Crippen LogP contribution is 2.07. The standard InChI is InChI=1S/C14H19NO3S/c1-15(9-7-14(17)18)13(16)11-19-10-8-12-5-3-2-4-6-12/h2-6H,7-11H2,1H3,(H,17,18). The predicted octanol–water partition coefficient (Wildman–Crippen LogP) is 1.90. The molecule has 0 saturated carbocycles. The van der Waals surface area contributed by atoms with E-state index >= 15 is 0 Å². The molecule has 0 saturated heterocycles. The highest BCUT2D eigenvalue weighted by molar-refractivity contribution is 7.99. The number of hydrogen-bond acceptors (Lipinski definition) is 3. The molecular formula is C14H19NO3S. The summed E-state index contributed by atoms with van der Waals surface area (Å²) >= 11 is 1.58. The lowest BCUT2D eigenvalue weighted by Gasteiger charge is -2.15. The first-order valence-corrected chi connectivity index (χ1v) is 7.32. The summed E-state index contributed by atoms with van der Waals surface area (Å²) in [5.41, 5.74) is 1.27. The minimum Gasteiger partial charge on any atom is -0.481 e. The number of carboxylic acids is 1. The lowest BCUT2D eigenvalue weighted by Crippen LogP contribution is -2.30. The van der Waals surface area contributed by atoms with Crippen LogP contribution in [0, 0.1) is 0 Å². The Bertz CT molecular complexity index is 408. The molecule has 0 aliphatic carbocycles. The van der Waals surface area contributed by atoms with Crippen LogP contribution >= 0.6 is 11.8 Å². The molecule has 1 aromatic rings. The summed E-state index contributed by atoms with van der Waals surface area (Å²) in [6.45, 7) is 0.271. The van der Waals surface area contributed by atoms with E-state index in [0.29, 0.717) is 5.75 Å². The summed E-state index contributed by atoms with van der Waals surface area (Å²) < 4.78 is 0. The fraction of sp³-hybridized carbons (Fsp3) is 0.429. The normalized spacial score (nSPS) is 10.2. The van der Waals surface area contributed by atoms with Crippen LogP contribution < -0.4 is 0 Å². The van der Waals surface area contributed by atoms with Crippen molar-refractivity contribution < 1.29 is 14.7 Å². The van der Waals surface area contributed by atoms with Gasteiger partial charge in [-0.15, -0.1) is 0 Å². The van der Waals surface area contributed by atoms with Gasteiger partial charge < -0.3 is 10.0 Å². The Morgan fingerprint density at radius 2 is 1.95 bits per heavy atom. The monoisotopic (exact) mass is 281 g/mol. The Hall–Kier alpha value is -1.49. The van der Waals surface area contributed by atoms with Gasteiger partial charge in [0.15, 0.2) is 0 Å². The zero-order chi connectivity index (χ0) is 14.1. The third-order valence-corrected chi connectivity index (χ3v) is 3.63. The van der Waals surface area contributed by atoms with E-state index < -0.39 is 5.97 Å². The summed E-state index contributed by atoms with van der Waals surface area (Å²) in [4.78, 5) is 23.6. The minimum atomic E-state index is -0.878. The molecule has 0 bridgehead atoms. The highest BCUT2D eigenvalue weighted by atomic mass is 32.2. The second-order valence-corrected chi connectivity index (χ2v) is 5.35. The molecule has 5 heteroatoms. The first-order chi connectivity index (χ1) is 9.09. The van der Waals surface area contributed by atoms with E-state index in [4.69, 9.17) is 5.11 Å². The lowest BCUT2D eigenvalue weighted by molar-refractivity contribution is -0.137. The summed E-state index contributed by atoms with van der Waals surface area (Å²) in [5, 5.41) is 8.54. The molecule has 0 radical (unpaired) electrons. The highest BCUT2D eigenvalue weighted by Gasteiger charge is 2.09. The molecule has 104 valence electrons. The lowest BCUT2D eigenvalue weighted by atomic mass is 10.2. The third kappa shape index (κ3) is 6.86. The van der Waals surface area contributed by atoms with Crippen molar-refractivity contribution >= 4 is 23.6 Å². The molecule has 1 amide bonds. The largest absolute Gasteiger partial charge is 0.481 e. The summed E-state index contributed by atoms with van der Waals surface area (Å²) in [6, 6.07) is 10.1. The van der Waals surface area contributed by atoms with Crippen LogP contribution in [0.5, 0.6) is 0 Å². The van der Waals surface area contributed by atoms with Gasteiger partial charge in [0.25, 0.3) is 0 Å². The van der Waals surface area contributed by atoms with E-state index in [1.807, 2.05) is 18.2 Å². The fourth-order valence-electron chi connectivity index (χ4n) is 1.49.